The molecule has 6 nitrogen and oxygen atoms in total. The highest BCUT2D eigenvalue weighted by Gasteiger charge is 2.16. The molecule has 4 aromatic rings. The lowest BCUT2D eigenvalue weighted by atomic mass is 10.2. The summed E-state index contributed by atoms with van der Waals surface area (Å²) in [5.74, 6) is -0.0328. The van der Waals surface area contributed by atoms with Crippen molar-refractivity contribution in [1.82, 2.24) is 14.1 Å². The Labute approximate surface area is 161 Å². The molecule has 2 aromatic carbocycles. The van der Waals surface area contributed by atoms with Gasteiger partial charge < -0.3 is 13.9 Å². The van der Waals surface area contributed by atoms with Gasteiger partial charge in [-0.2, -0.15) is 0 Å². The lowest BCUT2D eigenvalue weighted by Gasteiger charge is -2.09. The summed E-state index contributed by atoms with van der Waals surface area (Å²) in [5, 5.41) is 0. The molecule has 6 heteroatoms. The number of rotatable bonds is 5. The minimum atomic E-state index is -0.653. The summed E-state index contributed by atoms with van der Waals surface area (Å²) in [4.78, 5) is 29.6. The van der Waals surface area contributed by atoms with E-state index in [9.17, 15) is 9.59 Å². The Kier molecular flexibility index (Phi) is 4.76. The van der Waals surface area contributed by atoms with E-state index in [2.05, 4.69) is 4.98 Å². The predicted molar refractivity (Wildman–Crippen MR) is 106 cm³/mol. The van der Waals surface area contributed by atoms with Gasteiger partial charge in [0.2, 0.25) is 0 Å². The van der Waals surface area contributed by atoms with Gasteiger partial charge in [-0.15, -0.1) is 0 Å². The number of fused-ring (bicyclic) bond motifs is 1. The molecule has 0 fully saturated rings. The molecule has 0 N–H and O–H groups in total. The molecule has 0 aliphatic carbocycles. The van der Waals surface area contributed by atoms with Crippen LogP contribution in [0, 0.1) is 0 Å². The van der Waals surface area contributed by atoms with Gasteiger partial charge in [0.05, 0.1) is 17.6 Å². The SMILES string of the molecule is Cn1c(COC(=O)c2cccn(Cc3ccccc3)c2=O)nc2ccccc21. The molecule has 2 heterocycles. The third-order valence-corrected chi connectivity index (χ3v) is 4.65. The minimum absolute atomic E-state index is 0.00294. The summed E-state index contributed by atoms with van der Waals surface area (Å²) in [6.45, 7) is 0.391. The first-order chi connectivity index (χ1) is 13.6. The van der Waals surface area contributed by atoms with Gasteiger partial charge in [0.15, 0.2) is 0 Å². The second-order valence-corrected chi connectivity index (χ2v) is 6.49. The maximum atomic E-state index is 12.7. The second-order valence-electron chi connectivity index (χ2n) is 6.49. The summed E-state index contributed by atoms with van der Waals surface area (Å²) in [6, 6.07) is 20.5. The van der Waals surface area contributed by atoms with E-state index in [-0.39, 0.29) is 17.7 Å². The van der Waals surface area contributed by atoms with E-state index in [0.29, 0.717) is 12.4 Å². The molecule has 0 aliphatic heterocycles. The fraction of sp³-hybridized carbons (Fsp3) is 0.136. The van der Waals surface area contributed by atoms with Crippen molar-refractivity contribution in [1.29, 1.82) is 0 Å². The molecule has 0 bridgehead atoms. The Morgan fingerprint density at radius 2 is 1.75 bits per heavy atom. The third kappa shape index (κ3) is 3.44. The van der Waals surface area contributed by atoms with Crippen LogP contribution in [0.15, 0.2) is 77.7 Å². The number of hydrogen-bond donors (Lipinski definition) is 0. The number of ether oxygens (including phenoxy) is 1. The summed E-state index contributed by atoms with van der Waals surface area (Å²) in [6.07, 6.45) is 1.66. The van der Waals surface area contributed by atoms with Crippen molar-refractivity contribution < 1.29 is 9.53 Å². The van der Waals surface area contributed by atoms with Crippen LogP contribution >= 0.6 is 0 Å². The van der Waals surface area contributed by atoms with Crippen molar-refractivity contribution in [3.8, 4) is 0 Å². The highest BCUT2D eigenvalue weighted by Crippen LogP contribution is 2.15. The molecule has 0 radical (unpaired) electrons. The zero-order valence-corrected chi connectivity index (χ0v) is 15.4. The monoisotopic (exact) mass is 373 g/mol. The standard InChI is InChI=1S/C22H19N3O3/c1-24-19-12-6-5-11-18(19)23-20(24)15-28-22(27)17-10-7-13-25(21(17)26)14-16-8-3-2-4-9-16/h2-13H,14-15H2,1H3. The molecule has 0 amide bonds. The lowest BCUT2D eigenvalue weighted by Crippen LogP contribution is -2.27. The fourth-order valence-electron chi connectivity index (χ4n) is 3.13. The van der Waals surface area contributed by atoms with Gasteiger partial charge in [0.1, 0.15) is 18.0 Å². The number of hydrogen-bond acceptors (Lipinski definition) is 4. The fourth-order valence-corrected chi connectivity index (χ4v) is 3.13. The zero-order chi connectivity index (χ0) is 19.5. The average molecular weight is 373 g/mol. The van der Waals surface area contributed by atoms with Crippen molar-refractivity contribution in [2.45, 2.75) is 13.2 Å². The first kappa shape index (κ1) is 17.7. The summed E-state index contributed by atoms with van der Waals surface area (Å²) >= 11 is 0. The number of benzene rings is 2. The van der Waals surface area contributed by atoms with Crippen LogP contribution in [0.4, 0.5) is 0 Å². The number of imidazole rings is 1. The molecule has 0 saturated heterocycles. The highest BCUT2D eigenvalue weighted by molar-refractivity contribution is 5.88. The first-order valence-electron chi connectivity index (χ1n) is 8.94. The number of aryl methyl sites for hydroxylation is 1. The van der Waals surface area contributed by atoms with Crippen LogP contribution in [0.3, 0.4) is 0 Å². The van der Waals surface area contributed by atoms with E-state index in [4.69, 9.17) is 4.74 Å². The lowest BCUT2D eigenvalue weighted by molar-refractivity contribution is 0.0457. The van der Waals surface area contributed by atoms with Gasteiger partial charge in [-0.05, 0) is 29.8 Å². The number of esters is 1. The van der Waals surface area contributed by atoms with Crippen molar-refractivity contribution in [2.75, 3.05) is 0 Å². The number of carbonyl (C=O) groups excluding carboxylic acids is 1. The van der Waals surface area contributed by atoms with Gasteiger partial charge in [0.25, 0.3) is 5.56 Å². The molecule has 0 saturated carbocycles. The third-order valence-electron chi connectivity index (χ3n) is 4.65. The van der Waals surface area contributed by atoms with E-state index < -0.39 is 5.97 Å². The van der Waals surface area contributed by atoms with Crippen LogP contribution in [0.25, 0.3) is 11.0 Å². The van der Waals surface area contributed by atoms with Crippen LogP contribution in [0.1, 0.15) is 21.7 Å². The Morgan fingerprint density at radius 1 is 1.00 bits per heavy atom. The molecular weight excluding hydrogens is 354 g/mol. The number of carbonyl (C=O) groups is 1. The average Bonchev–Trinajstić information content (AvgIpc) is 3.04. The van der Waals surface area contributed by atoms with Gasteiger partial charge in [-0.3, -0.25) is 4.79 Å². The van der Waals surface area contributed by atoms with E-state index >= 15 is 0 Å². The Hall–Kier alpha value is -3.67. The van der Waals surface area contributed by atoms with E-state index in [0.717, 1.165) is 16.6 Å². The molecular formula is C22H19N3O3. The van der Waals surface area contributed by atoms with Crippen molar-refractivity contribution >= 4 is 17.0 Å². The Balaban J connectivity index is 1.52. The van der Waals surface area contributed by atoms with Gasteiger partial charge in [-0.1, -0.05) is 42.5 Å². The van der Waals surface area contributed by atoms with E-state index in [1.54, 1.807) is 12.3 Å². The van der Waals surface area contributed by atoms with Crippen molar-refractivity contribution in [2.24, 2.45) is 7.05 Å². The quantitative estimate of drug-likeness (QED) is 0.504. The minimum Gasteiger partial charge on any atom is -0.454 e. The molecule has 0 spiro atoms. The smallest absolute Gasteiger partial charge is 0.344 e. The molecule has 28 heavy (non-hydrogen) atoms. The van der Waals surface area contributed by atoms with Crippen molar-refractivity contribution in [3.05, 3.63) is 100 Å². The van der Waals surface area contributed by atoms with Crippen LogP contribution in [-0.2, 0) is 24.9 Å². The molecule has 0 aliphatic rings. The molecule has 2 aromatic heterocycles. The largest absolute Gasteiger partial charge is 0.454 e. The van der Waals surface area contributed by atoms with Gasteiger partial charge >= 0.3 is 5.97 Å². The maximum absolute atomic E-state index is 12.7. The summed E-state index contributed by atoms with van der Waals surface area (Å²) in [5.41, 5.74) is 2.41. The van der Waals surface area contributed by atoms with E-state index in [1.165, 1.54) is 10.6 Å². The predicted octanol–water partition coefficient (Wildman–Crippen LogP) is 3.14. The number of nitrogens with zero attached hydrogens (tertiary/aromatic N) is 3. The Bertz CT molecular complexity index is 1190. The summed E-state index contributed by atoms with van der Waals surface area (Å²) in [7, 11) is 1.87. The first-order valence-corrected chi connectivity index (χ1v) is 8.94. The topological polar surface area (TPSA) is 66.1 Å². The molecule has 4 rings (SSSR count). The number of para-hydroxylation sites is 2. The molecule has 0 unspecified atom stereocenters. The number of aromatic nitrogens is 3. The van der Waals surface area contributed by atoms with E-state index in [1.807, 2.05) is 66.2 Å². The van der Waals surface area contributed by atoms with Crippen molar-refractivity contribution in [3.63, 3.8) is 0 Å². The second kappa shape index (κ2) is 7.52. The van der Waals surface area contributed by atoms with Crippen LogP contribution in [0.5, 0.6) is 0 Å². The van der Waals surface area contributed by atoms with Crippen LogP contribution in [-0.4, -0.2) is 20.1 Å². The maximum Gasteiger partial charge on any atom is 0.344 e. The highest BCUT2D eigenvalue weighted by atomic mass is 16.5. The van der Waals surface area contributed by atoms with Gasteiger partial charge in [0, 0.05) is 13.2 Å². The molecule has 140 valence electrons. The Morgan fingerprint density at radius 3 is 2.54 bits per heavy atom. The van der Waals surface area contributed by atoms with Gasteiger partial charge in [-0.25, -0.2) is 9.78 Å². The van der Waals surface area contributed by atoms with Crippen LogP contribution < -0.4 is 5.56 Å². The number of pyridine rings is 1. The summed E-state index contributed by atoms with van der Waals surface area (Å²) < 4.78 is 8.75. The molecule has 0 atom stereocenters. The zero-order valence-electron chi connectivity index (χ0n) is 15.4. The van der Waals surface area contributed by atoms with Crippen LogP contribution in [0.2, 0.25) is 0 Å². The normalized spacial score (nSPS) is 10.9.